The molecule has 0 aliphatic heterocycles. The highest BCUT2D eigenvalue weighted by molar-refractivity contribution is 7.13. The van der Waals surface area contributed by atoms with Crippen molar-refractivity contribution in [3.63, 3.8) is 0 Å². The van der Waals surface area contributed by atoms with Gasteiger partial charge in [0.05, 0.1) is 17.2 Å². The molecule has 0 radical (unpaired) electrons. The van der Waals surface area contributed by atoms with Crippen LogP contribution in [0.2, 0.25) is 0 Å². The highest BCUT2D eigenvalue weighted by Gasteiger charge is 2.13. The first kappa shape index (κ1) is 15.3. The van der Waals surface area contributed by atoms with Gasteiger partial charge in [0.1, 0.15) is 17.5 Å². The fourth-order valence-corrected chi connectivity index (χ4v) is 2.82. The van der Waals surface area contributed by atoms with E-state index in [4.69, 9.17) is 20.6 Å². The molecule has 1 aromatic carbocycles. The number of hydrogen-bond acceptors (Lipinski definition) is 5. The number of nitrogen functional groups attached to an aromatic ring is 1. The van der Waals surface area contributed by atoms with E-state index in [0.29, 0.717) is 19.0 Å². The lowest BCUT2D eigenvalue weighted by molar-refractivity contribution is 0.269. The lowest BCUT2D eigenvalue weighted by Crippen LogP contribution is -2.11. The van der Waals surface area contributed by atoms with Gasteiger partial charge in [-0.2, -0.15) is 0 Å². The van der Waals surface area contributed by atoms with Crippen LogP contribution in [-0.4, -0.2) is 17.4 Å². The minimum atomic E-state index is 0.0605. The summed E-state index contributed by atoms with van der Waals surface area (Å²) in [6.07, 6.45) is 0.751. The SMILES string of the molecule is CCOc1ccccc1OCc1nc(CC)c(C(=N)N)s1. The summed E-state index contributed by atoms with van der Waals surface area (Å²) >= 11 is 1.40. The molecule has 0 fully saturated rings. The van der Waals surface area contributed by atoms with E-state index in [1.165, 1.54) is 11.3 Å². The zero-order chi connectivity index (χ0) is 15.2. The van der Waals surface area contributed by atoms with Crippen LogP contribution in [-0.2, 0) is 13.0 Å². The summed E-state index contributed by atoms with van der Waals surface area (Å²) in [6.45, 7) is 4.86. The summed E-state index contributed by atoms with van der Waals surface area (Å²) in [7, 11) is 0. The molecule has 0 spiro atoms. The first-order valence-corrected chi connectivity index (χ1v) is 7.64. The molecule has 0 saturated heterocycles. The summed E-state index contributed by atoms with van der Waals surface area (Å²) in [5, 5.41) is 8.37. The van der Waals surface area contributed by atoms with Crippen molar-refractivity contribution in [1.82, 2.24) is 4.98 Å². The number of para-hydroxylation sites is 2. The van der Waals surface area contributed by atoms with Crippen LogP contribution in [0, 0.1) is 5.41 Å². The van der Waals surface area contributed by atoms with Crippen molar-refractivity contribution in [3.8, 4) is 11.5 Å². The predicted octanol–water partition coefficient (Wildman–Crippen LogP) is 2.97. The van der Waals surface area contributed by atoms with E-state index < -0.39 is 0 Å². The van der Waals surface area contributed by atoms with Gasteiger partial charge in [0.2, 0.25) is 0 Å². The highest BCUT2D eigenvalue weighted by Crippen LogP contribution is 2.28. The summed E-state index contributed by atoms with van der Waals surface area (Å²) < 4.78 is 11.3. The van der Waals surface area contributed by atoms with Gasteiger partial charge in [-0.25, -0.2) is 4.98 Å². The van der Waals surface area contributed by atoms with Crippen LogP contribution in [0.15, 0.2) is 24.3 Å². The predicted molar refractivity (Wildman–Crippen MR) is 84.5 cm³/mol. The van der Waals surface area contributed by atoms with Crippen molar-refractivity contribution < 1.29 is 9.47 Å². The minimum absolute atomic E-state index is 0.0605. The van der Waals surface area contributed by atoms with Crippen LogP contribution >= 0.6 is 11.3 Å². The maximum absolute atomic E-state index is 7.57. The van der Waals surface area contributed by atoms with Gasteiger partial charge in [-0.3, -0.25) is 5.41 Å². The van der Waals surface area contributed by atoms with Crippen molar-refractivity contribution in [2.45, 2.75) is 26.9 Å². The molecule has 3 N–H and O–H groups in total. The van der Waals surface area contributed by atoms with Crippen LogP contribution in [0.4, 0.5) is 0 Å². The fourth-order valence-electron chi connectivity index (χ4n) is 1.90. The van der Waals surface area contributed by atoms with E-state index in [1.807, 2.05) is 38.1 Å². The average Bonchev–Trinajstić information content (AvgIpc) is 2.90. The molecule has 2 aromatic rings. The number of nitrogens with two attached hydrogens (primary N) is 1. The molecule has 6 heteroatoms. The molecule has 0 aliphatic carbocycles. The van der Waals surface area contributed by atoms with Crippen molar-refractivity contribution in [3.05, 3.63) is 39.8 Å². The van der Waals surface area contributed by atoms with E-state index in [2.05, 4.69) is 4.98 Å². The van der Waals surface area contributed by atoms with E-state index >= 15 is 0 Å². The third kappa shape index (κ3) is 3.72. The van der Waals surface area contributed by atoms with Gasteiger partial charge < -0.3 is 15.2 Å². The molecule has 0 unspecified atom stereocenters. The number of benzene rings is 1. The first-order valence-electron chi connectivity index (χ1n) is 6.83. The number of amidine groups is 1. The Bertz CT molecular complexity index is 625. The standard InChI is InChI=1S/C15H19N3O2S/c1-3-10-14(15(16)17)21-13(18-10)9-20-12-8-6-5-7-11(12)19-4-2/h5-8H,3-4,9H2,1-2H3,(H3,16,17). The number of rotatable bonds is 7. The normalized spacial score (nSPS) is 10.4. The molecule has 1 aromatic heterocycles. The van der Waals surface area contributed by atoms with Crippen molar-refractivity contribution >= 4 is 17.2 Å². The van der Waals surface area contributed by atoms with Crippen LogP contribution in [0.3, 0.4) is 0 Å². The smallest absolute Gasteiger partial charge is 0.161 e. The Balaban J connectivity index is 2.11. The molecule has 0 aliphatic rings. The Morgan fingerprint density at radius 1 is 1.24 bits per heavy atom. The molecular weight excluding hydrogens is 286 g/mol. The number of aryl methyl sites for hydroxylation is 1. The van der Waals surface area contributed by atoms with Gasteiger partial charge in [-0.05, 0) is 25.5 Å². The highest BCUT2D eigenvalue weighted by atomic mass is 32.1. The molecule has 0 bridgehead atoms. The second-order valence-electron chi connectivity index (χ2n) is 4.32. The number of nitrogens with one attached hydrogen (secondary N) is 1. The number of hydrogen-bond donors (Lipinski definition) is 2. The Morgan fingerprint density at radius 3 is 2.43 bits per heavy atom. The summed E-state index contributed by atoms with van der Waals surface area (Å²) in [6, 6.07) is 7.55. The van der Waals surface area contributed by atoms with Gasteiger partial charge in [0.15, 0.2) is 11.5 Å². The molecule has 21 heavy (non-hydrogen) atoms. The molecule has 0 atom stereocenters. The minimum Gasteiger partial charge on any atom is -0.490 e. The molecule has 1 heterocycles. The van der Waals surface area contributed by atoms with Crippen LogP contribution in [0.5, 0.6) is 11.5 Å². The molecule has 0 amide bonds. The lowest BCUT2D eigenvalue weighted by Gasteiger charge is -2.10. The van der Waals surface area contributed by atoms with Crippen molar-refractivity contribution in [2.24, 2.45) is 5.73 Å². The second-order valence-corrected chi connectivity index (χ2v) is 5.40. The van der Waals surface area contributed by atoms with Crippen molar-refractivity contribution in [2.75, 3.05) is 6.61 Å². The summed E-state index contributed by atoms with van der Waals surface area (Å²) in [4.78, 5) is 5.20. The Labute approximate surface area is 128 Å². The first-order chi connectivity index (χ1) is 10.2. The molecule has 112 valence electrons. The third-order valence-corrected chi connectivity index (χ3v) is 3.93. The fraction of sp³-hybridized carbons (Fsp3) is 0.333. The number of ether oxygens (including phenoxy) is 2. The molecular formula is C15H19N3O2S. The van der Waals surface area contributed by atoms with Gasteiger partial charge in [0.25, 0.3) is 0 Å². The Kier molecular flexibility index (Phi) is 5.16. The second kappa shape index (κ2) is 7.08. The van der Waals surface area contributed by atoms with Gasteiger partial charge in [0, 0.05) is 0 Å². The van der Waals surface area contributed by atoms with Crippen LogP contribution in [0.1, 0.15) is 29.4 Å². The Morgan fingerprint density at radius 2 is 1.90 bits per heavy atom. The number of thiazole rings is 1. The zero-order valence-electron chi connectivity index (χ0n) is 12.2. The van der Waals surface area contributed by atoms with Gasteiger partial charge in [-0.1, -0.05) is 19.1 Å². The maximum Gasteiger partial charge on any atom is 0.161 e. The molecule has 0 saturated carbocycles. The van der Waals surface area contributed by atoms with E-state index in [0.717, 1.165) is 27.7 Å². The van der Waals surface area contributed by atoms with E-state index in [-0.39, 0.29) is 5.84 Å². The number of nitrogens with zero attached hydrogens (tertiary/aromatic N) is 1. The number of aromatic nitrogens is 1. The zero-order valence-corrected chi connectivity index (χ0v) is 13.0. The van der Waals surface area contributed by atoms with Crippen LogP contribution < -0.4 is 15.2 Å². The lowest BCUT2D eigenvalue weighted by atomic mass is 10.3. The van der Waals surface area contributed by atoms with E-state index in [9.17, 15) is 0 Å². The van der Waals surface area contributed by atoms with E-state index in [1.54, 1.807) is 0 Å². The van der Waals surface area contributed by atoms with Gasteiger partial charge >= 0.3 is 0 Å². The molecule has 2 rings (SSSR count). The third-order valence-electron chi connectivity index (χ3n) is 2.82. The maximum atomic E-state index is 7.57. The van der Waals surface area contributed by atoms with Crippen molar-refractivity contribution in [1.29, 1.82) is 5.41 Å². The Hall–Kier alpha value is -2.08. The van der Waals surface area contributed by atoms with Gasteiger partial charge in [-0.15, -0.1) is 11.3 Å². The quantitative estimate of drug-likeness (QED) is 0.608. The largest absolute Gasteiger partial charge is 0.490 e. The topological polar surface area (TPSA) is 81.2 Å². The summed E-state index contributed by atoms with van der Waals surface area (Å²) in [5.74, 6) is 1.47. The van der Waals surface area contributed by atoms with Crippen LogP contribution in [0.25, 0.3) is 0 Å². The molecule has 5 nitrogen and oxygen atoms in total. The summed E-state index contributed by atoms with van der Waals surface area (Å²) in [5.41, 5.74) is 6.42. The average molecular weight is 305 g/mol. The monoisotopic (exact) mass is 305 g/mol.